The molecule has 4 nitrogen and oxygen atoms in total. The number of carbonyl (C=O) groups is 1. The summed E-state index contributed by atoms with van der Waals surface area (Å²) in [5, 5.41) is 0. The van der Waals surface area contributed by atoms with Gasteiger partial charge >= 0.3 is 5.97 Å². The Bertz CT molecular complexity index is 883. The molecule has 27 heavy (non-hydrogen) atoms. The maximum Gasteiger partial charge on any atom is 0.349 e. The average Bonchev–Trinajstić information content (AvgIpc) is 2.69. The van der Waals surface area contributed by atoms with Crippen molar-refractivity contribution in [3.63, 3.8) is 0 Å². The molecule has 0 saturated carbocycles. The molecule has 0 amide bonds. The Kier molecular flexibility index (Phi) is 6.10. The molecule has 3 aromatic rings. The van der Waals surface area contributed by atoms with Gasteiger partial charge in [0.05, 0.1) is 6.61 Å². The van der Waals surface area contributed by atoms with Gasteiger partial charge in [-0.15, -0.1) is 0 Å². The van der Waals surface area contributed by atoms with E-state index in [-0.39, 0.29) is 6.61 Å². The second-order valence-electron chi connectivity index (χ2n) is 6.03. The lowest BCUT2D eigenvalue weighted by Gasteiger charge is -2.11. The third-order valence-electron chi connectivity index (χ3n) is 3.97. The summed E-state index contributed by atoms with van der Waals surface area (Å²) in [5.41, 5.74) is 3.40. The Labute approximate surface area is 159 Å². The molecule has 4 heteroatoms. The smallest absolute Gasteiger partial charge is 0.349 e. The van der Waals surface area contributed by atoms with E-state index in [0.717, 1.165) is 11.1 Å². The molecular weight excluding hydrogens is 340 g/mol. The molecule has 0 radical (unpaired) electrons. The fourth-order valence-electron chi connectivity index (χ4n) is 2.60. The van der Waals surface area contributed by atoms with Gasteiger partial charge in [0.25, 0.3) is 0 Å². The number of hydrogen-bond acceptors (Lipinski definition) is 4. The van der Waals surface area contributed by atoms with Crippen molar-refractivity contribution in [2.75, 3.05) is 13.2 Å². The first-order valence-electron chi connectivity index (χ1n) is 8.88. The van der Waals surface area contributed by atoms with Crippen LogP contribution in [0.1, 0.15) is 12.5 Å². The van der Waals surface area contributed by atoms with Crippen molar-refractivity contribution in [3.05, 3.63) is 78.4 Å². The van der Waals surface area contributed by atoms with E-state index in [9.17, 15) is 4.79 Å². The van der Waals surface area contributed by atoms with Crippen LogP contribution in [0.15, 0.2) is 72.8 Å². The molecule has 3 rings (SSSR count). The van der Waals surface area contributed by atoms with E-state index in [1.807, 2.05) is 31.2 Å². The molecule has 0 aliphatic rings. The van der Waals surface area contributed by atoms with Crippen LogP contribution in [0.2, 0.25) is 0 Å². The van der Waals surface area contributed by atoms with Crippen molar-refractivity contribution in [2.24, 2.45) is 0 Å². The van der Waals surface area contributed by atoms with Crippen LogP contribution in [0.4, 0.5) is 0 Å². The standard InChI is InChI=1S/C23H22O4/c1-3-25-21-6-4-5-7-22(21)26-16-23(24)27-20-14-12-19(13-15-20)18-10-8-17(2)9-11-18/h4-15H,3,16H2,1-2H3. The van der Waals surface area contributed by atoms with E-state index in [2.05, 4.69) is 31.2 Å². The van der Waals surface area contributed by atoms with Crippen molar-refractivity contribution in [2.45, 2.75) is 13.8 Å². The zero-order chi connectivity index (χ0) is 19.1. The quantitative estimate of drug-likeness (QED) is 0.436. The normalized spacial score (nSPS) is 10.3. The second kappa shape index (κ2) is 8.90. The zero-order valence-corrected chi connectivity index (χ0v) is 15.5. The Morgan fingerprint density at radius 2 is 1.33 bits per heavy atom. The molecule has 0 bridgehead atoms. The molecule has 0 aliphatic heterocycles. The van der Waals surface area contributed by atoms with E-state index in [1.54, 1.807) is 24.3 Å². The number of benzene rings is 3. The summed E-state index contributed by atoms with van der Waals surface area (Å²) in [7, 11) is 0. The van der Waals surface area contributed by atoms with Gasteiger partial charge in [-0.05, 0) is 49.2 Å². The third-order valence-corrected chi connectivity index (χ3v) is 3.97. The highest BCUT2D eigenvalue weighted by Gasteiger charge is 2.09. The molecule has 0 N–H and O–H groups in total. The van der Waals surface area contributed by atoms with Crippen molar-refractivity contribution >= 4 is 5.97 Å². The van der Waals surface area contributed by atoms with Crippen molar-refractivity contribution in [1.82, 2.24) is 0 Å². The molecule has 0 saturated heterocycles. The van der Waals surface area contributed by atoms with Gasteiger partial charge < -0.3 is 14.2 Å². The number of carbonyl (C=O) groups excluding carboxylic acids is 1. The van der Waals surface area contributed by atoms with Crippen molar-refractivity contribution < 1.29 is 19.0 Å². The van der Waals surface area contributed by atoms with Crippen LogP contribution in [0, 0.1) is 6.92 Å². The Morgan fingerprint density at radius 1 is 0.778 bits per heavy atom. The molecule has 0 fully saturated rings. The van der Waals surface area contributed by atoms with Gasteiger partial charge in [0.15, 0.2) is 18.1 Å². The molecule has 0 unspecified atom stereocenters. The lowest BCUT2D eigenvalue weighted by molar-refractivity contribution is -0.136. The number of rotatable bonds is 7. The summed E-state index contributed by atoms with van der Waals surface area (Å²) < 4.78 is 16.3. The van der Waals surface area contributed by atoms with E-state index in [4.69, 9.17) is 14.2 Å². The SMILES string of the molecule is CCOc1ccccc1OCC(=O)Oc1ccc(-c2ccc(C)cc2)cc1. The van der Waals surface area contributed by atoms with Crippen LogP contribution in [0.5, 0.6) is 17.2 Å². The van der Waals surface area contributed by atoms with Gasteiger partial charge in [-0.3, -0.25) is 0 Å². The molecule has 138 valence electrons. The fraction of sp³-hybridized carbons (Fsp3) is 0.174. The maximum atomic E-state index is 12.1. The minimum Gasteiger partial charge on any atom is -0.490 e. The van der Waals surface area contributed by atoms with E-state index in [0.29, 0.717) is 23.9 Å². The number of hydrogen-bond donors (Lipinski definition) is 0. The summed E-state index contributed by atoms with van der Waals surface area (Å²) in [4.78, 5) is 12.1. The van der Waals surface area contributed by atoms with Gasteiger partial charge in [-0.2, -0.15) is 0 Å². The van der Waals surface area contributed by atoms with E-state index < -0.39 is 5.97 Å². The first kappa shape index (κ1) is 18.5. The fourth-order valence-corrected chi connectivity index (χ4v) is 2.60. The predicted octanol–water partition coefficient (Wildman–Crippen LogP) is 5.05. The van der Waals surface area contributed by atoms with Crippen LogP contribution in [0.25, 0.3) is 11.1 Å². The minimum atomic E-state index is -0.468. The van der Waals surface area contributed by atoms with Gasteiger partial charge in [0.2, 0.25) is 0 Å². The topological polar surface area (TPSA) is 44.8 Å². The lowest BCUT2D eigenvalue weighted by Crippen LogP contribution is -2.18. The summed E-state index contributed by atoms with van der Waals surface area (Å²) >= 11 is 0. The number of aryl methyl sites for hydroxylation is 1. The maximum absolute atomic E-state index is 12.1. The van der Waals surface area contributed by atoms with Crippen LogP contribution in [-0.2, 0) is 4.79 Å². The predicted molar refractivity (Wildman–Crippen MR) is 105 cm³/mol. The number of para-hydroxylation sites is 2. The molecule has 0 aliphatic carbocycles. The zero-order valence-electron chi connectivity index (χ0n) is 15.5. The molecule has 0 spiro atoms. The minimum absolute atomic E-state index is 0.191. The Balaban J connectivity index is 1.57. The first-order chi connectivity index (χ1) is 13.2. The monoisotopic (exact) mass is 362 g/mol. The summed E-state index contributed by atoms with van der Waals surface area (Å²) in [6.45, 7) is 4.29. The number of ether oxygens (including phenoxy) is 3. The van der Waals surface area contributed by atoms with Crippen LogP contribution in [-0.4, -0.2) is 19.2 Å². The van der Waals surface area contributed by atoms with Crippen LogP contribution < -0.4 is 14.2 Å². The highest BCUT2D eigenvalue weighted by Crippen LogP contribution is 2.26. The average molecular weight is 362 g/mol. The van der Waals surface area contributed by atoms with Gasteiger partial charge in [-0.25, -0.2) is 4.79 Å². The summed E-state index contributed by atoms with van der Waals surface area (Å²) in [6, 6.07) is 22.9. The Morgan fingerprint density at radius 3 is 1.93 bits per heavy atom. The van der Waals surface area contributed by atoms with Crippen molar-refractivity contribution in [3.8, 4) is 28.4 Å². The largest absolute Gasteiger partial charge is 0.490 e. The summed E-state index contributed by atoms with van der Waals surface area (Å²) in [6.07, 6.45) is 0. The highest BCUT2D eigenvalue weighted by molar-refractivity contribution is 5.74. The van der Waals surface area contributed by atoms with Crippen LogP contribution in [0.3, 0.4) is 0 Å². The van der Waals surface area contributed by atoms with Gasteiger partial charge in [0, 0.05) is 0 Å². The molecule has 0 atom stereocenters. The third kappa shape index (κ3) is 5.11. The molecule has 0 aromatic heterocycles. The second-order valence-corrected chi connectivity index (χ2v) is 6.03. The molecule has 0 heterocycles. The molecule has 3 aromatic carbocycles. The van der Waals surface area contributed by atoms with Crippen molar-refractivity contribution in [1.29, 1.82) is 0 Å². The van der Waals surface area contributed by atoms with Gasteiger partial charge in [-0.1, -0.05) is 54.1 Å². The lowest BCUT2D eigenvalue weighted by atomic mass is 10.0. The van der Waals surface area contributed by atoms with Gasteiger partial charge in [0.1, 0.15) is 5.75 Å². The Hall–Kier alpha value is -3.27. The number of esters is 1. The highest BCUT2D eigenvalue weighted by atomic mass is 16.6. The van der Waals surface area contributed by atoms with E-state index >= 15 is 0 Å². The van der Waals surface area contributed by atoms with E-state index in [1.165, 1.54) is 5.56 Å². The van der Waals surface area contributed by atoms with Crippen LogP contribution >= 0.6 is 0 Å². The molecular formula is C23H22O4. The summed E-state index contributed by atoms with van der Waals surface area (Å²) in [5.74, 6) is 1.14. The first-order valence-corrected chi connectivity index (χ1v) is 8.88.